The number of anilines is 2. The number of furan rings is 1. The molecule has 11 heteroatoms. The minimum absolute atomic E-state index is 0.0856. The molecule has 0 N–H and O–H groups in total. The molecule has 0 atom stereocenters. The Morgan fingerprint density at radius 2 is 1.77 bits per heavy atom. The van der Waals surface area contributed by atoms with Gasteiger partial charge < -0.3 is 23.5 Å². The first-order chi connectivity index (χ1) is 20.6. The van der Waals surface area contributed by atoms with E-state index in [4.69, 9.17) is 9.15 Å². The van der Waals surface area contributed by atoms with Crippen LogP contribution in [-0.2, 0) is 22.7 Å². The summed E-state index contributed by atoms with van der Waals surface area (Å²) in [5.74, 6) is 0.166. The zero-order chi connectivity index (χ0) is 30.7. The van der Waals surface area contributed by atoms with E-state index < -0.39 is 5.41 Å². The Labute approximate surface area is 259 Å². The molecule has 4 aromatic rings. The van der Waals surface area contributed by atoms with E-state index >= 15 is 0 Å². The van der Waals surface area contributed by atoms with Crippen molar-refractivity contribution in [2.24, 2.45) is 5.41 Å². The Morgan fingerprint density at radius 1 is 1.00 bits per heavy atom. The first kappa shape index (κ1) is 30.5. The van der Waals surface area contributed by atoms with Crippen LogP contribution in [0.25, 0.3) is 11.0 Å². The molecular formula is C32H36BrN5O5. The maximum absolute atomic E-state index is 13.1. The van der Waals surface area contributed by atoms with Crippen molar-refractivity contribution in [3.8, 4) is 5.75 Å². The van der Waals surface area contributed by atoms with Gasteiger partial charge in [0, 0.05) is 70.5 Å². The van der Waals surface area contributed by atoms with E-state index in [1.165, 1.54) is 0 Å². The molecule has 0 bridgehead atoms. The molecule has 3 aromatic heterocycles. The van der Waals surface area contributed by atoms with Crippen molar-refractivity contribution in [1.82, 2.24) is 14.5 Å². The van der Waals surface area contributed by atoms with Crippen LogP contribution in [0.1, 0.15) is 32.8 Å². The first-order valence-electron chi connectivity index (χ1n) is 14.4. The predicted octanol–water partition coefficient (Wildman–Crippen LogP) is 5.08. The average molecular weight is 651 g/mol. The molecule has 4 heterocycles. The summed E-state index contributed by atoms with van der Waals surface area (Å²) in [5, 5.41) is 0.548. The van der Waals surface area contributed by atoms with E-state index in [0.717, 1.165) is 18.5 Å². The third kappa shape index (κ3) is 6.37. The molecule has 43 heavy (non-hydrogen) atoms. The van der Waals surface area contributed by atoms with Gasteiger partial charge in [0.05, 0.1) is 23.4 Å². The Hall–Kier alpha value is -3.96. The molecule has 1 aromatic carbocycles. The molecule has 0 saturated heterocycles. The lowest BCUT2D eigenvalue weighted by molar-refractivity contribution is -0.137. The van der Waals surface area contributed by atoms with E-state index in [9.17, 15) is 14.4 Å². The molecule has 0 radical (unpaired) electrons. The summed E-state index contributed by atoms with van der Waals surface area (Å²) >= 11 is 3.30. The lowest BCUT2D eigenvalue weighted by Gasteiger charge is -2.27. The van der Waals surface area contributed by atoms with Gasteiger partial charge in [0.2, 0.25) is 11.8 Å². The monoisotopic (exact) mass is 649 g/mol. The van der Waals surface area contributed by atoms with Crippen LogP contribution in [0.5, 0.6) is 5.75 Å². The van der Waals surface area contributed by atoms with Crippen molar-refractivity contribution in [2.45, 2.75) is 40.3 Å². The van der Waals surface area contributed by atoms with E-state index in [1.807, 2.05) is 43.3 Å². The van der Waals surface area contributed by atoms with Crippen molar-refractivity contribution in [1.29, 1.82) is 0 Å². The summed E-state index contributed by atoms with van der Waals surface area (Å²) < 4.78 is 13.9. The number of fused-ring (bicyclic) bond motifs is 2. The Morgan fingerprint density at radius 3 is 2.51 bits per heavy atom. The van der Waals surface area contributed by atoms with Crippen LogP contribution in [0.2, 0.25) is 0 Å². The van der Waals surface area contributed by atoms with Crippen LogP contribution in [-0.4, -0.2) is 59.6 Å². The van der Waals surface area contributed by atoms with Crippen LogP contribution in [0.15, 0.2) is 74.9 Å². The maximum atomic E-state index is 13.1. The quantitative estimate of drug-likeness (QED) is 0.165. The van der Waals surface area contributed by atoms with Crippen LogP contribution < -0.4 is 20.1 Å². The maximum Gasteiger partial charge on any atom is 0.261 e. The largest absolute Gasteiger partial charge is 0.493 e. The number of pyridine rings is 2. The average Bonchev–Trinajstić information content (AvgIpc) is 3.38. The number of rotatable bonds is 11. The fourth-order valence-electron chi connectivity index (χ4n) is 5.44. The molecule has 1 aliphatic rings. The molecule has 0 aliphatic carbocycles. The minimum Gasteiger partial charge on any atom is -0.493 e. The number of halogens is 1. The van der Waals surface area contributed by atoms with E-state index in [2.05, 4.69) is 25.8 Å². The number of amides is 2. The second-order valence-electron chi connectivity index (χ2n) is 11.2. The third-order valence-corrected chi connectivity index (χ3v) is 8.25. The molecular weight excluding hydrogens is 614 g/mol. The number of hydrogen-bond donors (Lipinski definition) is 0. The second-order valence-corrected chi connectivity index (χ2v) is 11.9. The van der Waals surface area contributed by atoms with Gasteiger partial charge in [-0.25, -0.2) is 0 Å². The molecule has 10 nitrogen and oxygen atoms in total. The van der Waals surface area contributed by atoms with Crippen molar-refractivity contribution in [2.75, 3.05) is 43.1 Å². The van der Waals surface area contributed by atoms with E-state index in [-0.39, 0.29) is 17.4 Å². The molecule has 0 unspecified atom stereocenters. The van der Waals surface area contributed by atoms with Crippen LogP contribution >= 0.6 is 15.9 Å². The van der Waals surface area contributed by atoms with Gasteiger partial charge in [0.25, 0.3) is 5.56 Å². The number of aromatic nitrogens is 2. The standard InChI is InChI=1S/C32H36BrN5O5/c1-5-38-25-8-7-23(19-26(25)35(4)30(40)32(2,3)31(38)41)42-18-6-14-36(21-22-9-12-34-13-10-22)16-17-37-15-11-27-24(29(37)39)20-28(33)43-27/h7-13,15,19-20H,5-6,14,16-18,21H2,1-4H3. The van der Waals surface area contributed by atoms with Crippen molar-refractivity contribution < 1.29 is 18.7 Å². The number of ether oxygens (including phenoxy) is 1. The van der Waals surface area contributed by atoms with Crippen molar-refractivity contribution >= 4 is 50.1 Å². The van der Waals surface area contributed by atoms with Gasteiger partial charge in [-0.05, 0) is 79.0 Å². The molecule has 5 rings (SSSR count). The van der Waals surface area contributed by atoms with Gasteiger partial charge in [-0.1, -0.05) is 0 Å². The summed E-state index contributed by atoms with van der Waals surface area (Å²) in [6.07, 6.45) is 6.06. The number of carbonyl (C=O) groups is 2. The third-order valence-electron chi connectivity index (χ3n) is 7.86. The zero-order valence-corrected chi connectivity index (χ0v) is 26.5. The summed E-state index contributed by atoms with van der Waals surface area (Å²) in [6.45, 7) is 8.80. The topological polar surface area (TPSA) is 101 Å². The highest BCUT2D eigenvalue weighted by molar-refractivity contribution is 9.10. The lowest BCUT2D eigenvalue weighted by Crippen LogP contribution is -2.47. The molecule has 0 fully saturated rings. The highest BCUT2D eigenvalue weighted by atomic mass is 79.9. The Bertz CT molecular complexity index is 1680. The summed E-state index contributed by atoms with van der Waals surface area (Å²) in [7, 11) is 1.70. The zero-order valence-electron chi connectivity index (χ0n) is 24.9. The summed E-state index contributed by atoms with van der Waals surface area (Å²) in [6, 6.07) is 13.0. The van der Waals surface area contributed by atoms with Crippen LogP contribution in [0, 0.1) is 5.41 Å². The number of hydrogen-bond acceptors (Lipinski definition) is 7. The van der Waals surface area contributed by atoms with Gasteiger partial charge in [0.1, 0.15) is 16.7 Å². The van der Waals surface area contributed by atoms with E-state index in [0.29, 0.717) is 65.5 Å². The number of nitrogens with zero attached hydrogens (tertiary/aromatic N) is 5. The molecule has 2 amide bonds. The lowest BCUT2D eigenvalue weighted by atomic mass is 9.90. The normalized spacial score (nSPS) is 14.8. The molecule has 0 saturated carbocycles. The van der Waals surface area contributed by atoms with Gasteiger partial charge in [0.15, 0.2) is 4.67 Å². The molecule has 0 spiro atoms. The summed E-state index contributed by atoms with van der Waals surface area (Å²) in [4.78, 5) is 48.9. The van der Waals surface area contributed by atoms with Crippen molar-refractivity contribution in [3.05, 3.63) is 81.6 Å². The predicted molar refractivity (Wildman–Crippen MR) is 169 cm³/mol. The summed E-state index contributed by atoms with van der Waals surface area (Å²) in [5.41, 5.74) is 1.79. The SMILES string of the molecule is CCN1C(=O)C(C)(C)C(=O)N(C)c2cc(OCCCN(CCn3ccc4oc(Br)cc4c3=O)Cc3ccncc3)ccc21. The first-order valence-corrected chi connectivity index (χ1v) is 15.2. The number of benzene rings is 1. The van der Waals surface area contributed by atoms with Gasteiger partial charge in [-0.3, -0.25) is 24.3 Å². The van der Waals surface area contributed by atoms with E-state index in [1.54, 1.807) is 59.9 Å². The molecule has 1 aliphatic heterocycles. The van der Waals surface area contributed by atoms with Crippen LogP contribution in [0.3, 0.4) is 0 Å². The van der Waals surface area contributed by atoms with Gasteiger partial charge in [-0.15, -0.1) is 0 Å². The second kappa shape index (κ2) is 12.7. The Kier molecular flexibility index (Phi) is 9.03. The van der Waals surface area contributed by atoms with Crippen LogP contribution in [0.4, 0.5) is 11.4 Å². The molecule has 226 valence electrons. The minimum atomic E-state index is -1.16. The Balaban J connectivity index is 1.25. The van der Waals surface area contributed by atoms with Crippen molar-refractivity contribution in [3.63, 3.8) is 0 Å². The highest BCUT2D eigenvalue weighted by Gasteiger charge is 2.45. The van der Waals surface area contributed by atoms with Gasteiger partial charge >= 0.3 is 0 Å². The highest BCUT2D eigenvalue weighted by Crippen LogP contribution is 2.40. The number of carbonyl (C=O) groups excluding carboxylic acids is 2. The fourth-order valence-corrected chi connectivity index (χ4v) is 5.84. The smallest absolute Gasteiger partial charge is 0.261 e. The fraction of sp³-hybridized carbons (Fsp3) is 0.375. The van der Waals surface area contributed by atoms with Gasteiger partial charge in [-0.2, -0.15) is 0 Å².